The highest BCUT2D eigenvalue weighted by Gasteiger charge is 2.54. The van der Waals surface area contributed by atoms with Crippen molar-refractivity contribution in [3.63, 3.8) is 0 Å². The van der Waals surface area contributed by atoms with Crippen molar-refractivity contribution in [2.24, 2.45) is 5.16 Å². The van der Waals surface area contributed by atoms with Crippen molar-refractivity contribution in [3.8, 4) is 6.07 Å². The van der Waals surface area contributed by atoms with E-state index in [4.69, 9.17) is 20.4 Å². The molecule has 2 aromatic rings. The molecule has 2 aliphatic heterocycles. The average Bonchev–Trinajstić information content (AvgIpc) is 3.47. The number of aromatic nitrogens is 2. The van der Waals surface area contributed by atoms with E-state index in [-0.39, 0.29) is 39.4 Å². The molecule has 0 spiro atoms. The topological polar surface area (TPSA) is 197 Å². The number of carbonyl (C=O) groups excluding carboxylic acids is 2. The van der Waals surface area contributed by atoms with E-state index in [1.807, 2.05) is 6.07 Å². The zero-order valence-electron chi connectivity index (χ0n) is 17.3. The van der Waals surface area contributed by atoms with Crippen LogP contribution in [0.1, 0.15) is 17.1 Å². The number of amides is 2. The number of carboxylic acid groups (broad SMARTS) is 1. The van der Waals surface area contributed by atoms with E-state index in [0.717, 1.165) is 16.2 Å². The molecule has 34 heavy (non-hydrogen) atoms. The quantitative estimate of drug-likeness (QED) is 0.269. The molecule has 1 fully saturated rings. The number of fused-ring (bicyclic) bond motifs is 1. The van der Waals surface area contributed by atoms with Gasteiger partial charge in [0.2, 0.25) is 0 Å². The minimum atomic E-state index is -1.29. The van der Waals surface area contributed by atoms with Gasteiger partial charge in [0.05, 0.1) is 0 Å². The van der Waals surface area contributed by atoms with Crippen molar-refractivity contribution in [3.05, 3.63) is 45.9 Å². The molecule has 2 amide bonds. The number of hydrogen-bond donors (Lipinski definition) is 3. The Morgan fingerprint density at radius 2 is 2.29 bits per heavy atom. The lowest BCUT2D eigenvalue weighted by Gasteiger charge is -2.49. The fourth-order valence-corrected chi connectivity index (χ4v) is 5.14. The third kappa shape index (κ3) is 4.23. The Bertz CT molecular complexity index is 1300. The van der Waals surface area contributed by atoms with E-state index >= 15 is 0 Å². The van der Waals surface area contributed by atoms with Crippen LogP contribution >= 0.6 is 23.1 Å². The summed E-state index contributed by atoms with van der Waals surface area (Å²) in [5.74, 6) is -2.09. The van der Waals surface area contributed by atoms with E-state index in [2.05, 4.69) is 20.6 Å². The number of thioether (sulfide) groups is 1. The Labute approximate surface area is 199 Å². The molecule has 0 radical (unpaired) electrons. The van der Waals surface area contributed by atoms with E-state index in [1.165, 1.54) is 42.5 Å². The minimum absolute atomic E-state index is 0.0818. The summed E-state index contributed by atoms with van der Waals surface area (Å²) in [7, 11) is 1.26. The van der Waals surface area contributed by atoms with Crippen LogP contribution in [0.3, 0.4) is 0 Å². The molecule has 4 heterocycles. The van der Waals surface area contributed by atoms with Crippen LogP contribution in [0, 0.1) is 11.3 Å². The number of thiazole rings is 1. The summed E-state index contributed by atoms with van der Waals surface area (Å²) in [6, 6.07) is 2.25. The summed E-state index contributed by atoms with van der Waals surface area (Å²) >= 11 is 2.39. The van der Waals surface area contributed by atoms with Gasteiger partial charge in [-0.25, -0.2) is 9.78 Å². The smallest absolute Gasteiger partial charge is 0.352 e. The van der Waals surface area contributed by atoms with Gasteiger partial charge in [-0.05, 0) is 11.6 Å². The fraction of sp³-hybridized carbons (Fsp3) is 0.211. The summed E-state index contributed by atoms with van der Waals surface area (Å²) in [5, 5.41) is 29.5. The second-order valence-corrected chi connectivity index (χ2v) is 8.79. The second-order valence-electron chi connectivity index (χ2n) is 6.79. The van der Waals surface area contributed by atoms with Crippen molar-refractivity contribution in [2.45, 2.75) is 11.4 Å². The molecule has 0 aromatic carbocycles. The Morgan fingerprint density at radius 1 is 1.50 bits per heavy atom. The normalized spacial score (nSPS) is 20.1. The largest absolute Gasteiger partial charge is 0.477 e. The van der Waals surface area contributed by atoms with E-state index in [1.54, 1.807) is 0 Å². The number of hydrogen-bond acceptors (Lipinski definition) is 12. The number of nitrogens with one attached hydrogen (secondary N) is 1. The molecule has 13 nitrogen and oxygen atoms in total. The first kappa shape index (κ1) is 23.0. The van der Waals surface area contributed by atoms with Gasteiger partial charge < -0.3 is 25.5 Å². The van der Waals surface area contributed by atoms with Gasteiger partial charge >= 0.3 is 5.97 Å². The summed E-state index contributed by atoms with van der Waals surface area (Å²) in [6.45, 7) is 0. The van der Waals surface area contributed by atoms with Gasteiger partial charge in [0.25, 0.3) is 11.8 Å². The molecular formula is C19H15N7O6S2. The lowest BCUT2D eigenvalue weighted by Crippen LogP contribution is -2.71. The summed E-state index contributed by atoms with van der Waals surface area (Å²) < 4.78 is 4.97. The van der Waals surface area contributed by atoms with Gasteiger partial charge in [-0.15, -0.1) is 23.1 Å². The lowest BCUT2D eigenvalue weighted by molar-refractivity contribution is -0.150. The number of nitriles is 1. The molecule has 15 heteroatoms. The van der Waals surface area contributed by atoms with Crippen molar-refractivity contribution in [1.29, 1.82) is 5.26 Å². The highest BCUT2D eigenvalue weighted by Crippen LogP contribution is 2.40. The number of anilines is 1. The van der Waals surface area contributed by atoms with Crippen LogP contribution in [0.2, 0.25) is 0 Å². The molecule has 2 unspecified atom stereocenters. The molecule has 0 bridgehead atoms. The third-order valence-corrected chi connectivity index (χ3v) is 6.72. The van der Waals surface area contributed by atoms with Crippen LogP contribution in [-0.2, 0) is 19.2 Å². The Balaban J connectivity index is 1.53. The predicted octanol–water partition coefficient (Wildman–Crippen LogP) is 0.387. The standard InChI is InChI=1S/C19H15N7O6S2/c1-31-25-12(11-7-34-19(21)22-11)15(27)23-13-16(28)26-14(18(29)30)8(6-33-17(13)26)2-3-10-4-9(5-20)24-32-10/h2-4,7,13,17H,6H2,1H3,(H2,21,22)(H,23,27)(H,29,30)/b3-2+,25-12-. The molecule has 4 N–H and O–H groups in total. The van der Waals surface area contributed by atoms with Gasteiger partial charge in [0.1, 0.15) is 36.0 Å². The molecule has 174 valence electrons. The maximum Gasteiger partial charge on any atom is 0.352 e. The highest BCUT2D eigenvalue weighted by molar-refractivity contribution is 8.00. The monoisotopic (exact) mass is 501 g/mol. The lowest BCUT2D eigenvalue weighted by atomic mass is 10.0. The first-order chi connectivity index (χ1) is 16.3. The number of nitrogens with two attached hydrogens (primary N) is 1. The molecule has 1 saturated heterocycles. The summed E-state index contributed by atoms with van der Waals surface area (Å²) in [5.41, 5.74) is 5.88. The minimum Gasteiger partial charge on any atom is -0.477 e. The Morgan fingerprint density at radius 3 is 2.91 bits per heavy atom. The number of oxime groups is 1. The molecule has 2 aromatic heterocycles. The Hall–Kier alpha value is -4.16. The van der Waals surface area contributed by atoms with Gasteiger partial charge in [-0.1, -0.05) is 16.4 Å². The molecule has 0 saturated carbocycles. The summed E-state index contributed by atoms with van der Waals surface area (Å²) in [6.07, 6.45) is 2.95. The van der Waals surface area contributed by atoms with Crippen LogP contribution in [0.15, 0.2) is 38.5 Å². The van der Waals surface area contributed by atoms with Gasteiger partial charge in [0.15, 0.2) is 22.3 Å². The van der Waals surface area contributed by atoms with Gasteiger partial charge in [-0.2, -0.15) is 5.26 Å². The van der Waals surface area contributed by atoms with Crippen LogP contribution in [0.4, 0.5) is 5.13 Å². The van der Waals surface area contributed by atoms with Crippen molar-refractivity contribution in [2.75, 3.05) is 18.6 Å². The van der Waals surface area contributed by atoms with Gasteiger partial charge in [-0.3, -0.25) is 14.5 Å². The second kappa shape index (κ2) is 9.37. The molecule has 2 aliphatic rings. The third-order valence-electron chi connectivity index (χ3n) is 4.74. The van der Waals surface area contributed by atoms with Crippen LogP contribution in [0.25, 0.3) is 6.08 Å². The zero-order valence-corrected chi connectivity index (χ0v) is 18.9. The predicted molar refractivity (Wildman–Crippen MR) is 120 cm³/mol. The van der Waals surface area contributed by atoms with Crippen molar-refractivity contribution < 1.29 is 28.9 Å². The molecule has 0 aliphatic carbocycles. The first-order valence-corrected chi connectivity index (χ1v) is 11.4. The number of nitrogens with zero attached hydrogens (tertiary/aromatic N) is 5. The molecule has 2 atom stereocenters. The molecule has 4 rings (SSSR count). The molecular weight excluding hydrogens is 486 g/mol. The summed E-state index contributed by atoms with van der Waals surface area (Å²) in [4.78, 5) is 47.4. The number of β-lactam (4-membered cyclic amide) rings is 1. The number of nitrogen functional groups attached to an aromatic ring is 1. The number of aliphatic carboxylic acids is 1. The van der Waals surface area contributed by atoms with E-state index in [9.17, 15) is 19.5 Å². The zero-order chi connectivity index (χ0) is 24.4. The number of carboxylic acids is 1. The maximum atomic E-state index is 12.8. The Kier molecular flexibility index (Phi) is 6.34. The van der Waals surface area contributed by atoms with Crippen LogP contribution in [-0.4, -0.2) is 67.9 Å². The first-order valence-electron chi connectivity index (χ1n) is 9.43. The highest BCUT2D eigenvalue weighted by atomic mass is 32.2. The fourth-order valence-electron chi connectivity index (χ4n) is 3.28. The van der Waals surface area contributed by atoms with Crippen LogP contribution < -0.4 is 11.1 Å². The number of rotatable bonds is 7. The van der Waals surface area contributed by atoms with Gasteiger partial charge in [0, 0.05) is 17.2 Å². The van der Waals surface area contributed by atoms with E-state index in [0.29, 0.717) is 5.57 Å². The van der Waals surface area contributed by atoms with Crippen molar-refractivity contribution in [1.82, 2.24) is 20.4 Å². The number of allylic oxidation sites excluding steroid dienone is 1. The SMILES string of the molecule is CO/N=C(\C(=O)NC1C(=O)N2C(C(=O)O)=C(/C=C/c3cc(C#N)no3)CSC12)c1csc(N)n1. The average molecular weight is 502 g/mol. The van der Waals surface area contributed by atoms with Crippen LogP contribution in [0.5, 0.6) is 0 Å². The number of carbonyl (C=O) groups is 3. The maximum absolute atomic E-state index is 12.8. The van der Waals surface area contributed by atoms with E-state index < -0.39 is 29.2 Å². The van der Waals surface area contributed by atoms with Crippen molar-refractivity contribution >= 4 is 57.8 Å².